The van der Waals surface area contributed by atoms with Crippen molar-refractivity contribution in [3.05, 3.63) is 60.2 Å². The maximum Gasteiger partial charge on any atom is 0.131 e. The first-order valence-electron chi connectivity index (χ1n) is 5.15. The molecule has 0 N–H and O–H groups in total. The van der Waals surface area contributed by atoms with E-state index in [2.05, 4.69) is 4.98 Å². The monoisotopic (exact) mass is 213 g/mol. The third-order valence-electron chi connectivity index (χ3n) is 2.31. The van der Waals surface area contributed by atoms with Gasteiger partial charge in [-0.05, 0) is 25.1 Å². The van der Waals surface area contributed by atoms with Crippen LogP contribution < -0.4 is 0 Å². The summed E-state index contributed by atoms with van der Waals surface area (Å²) in [6, 6.07) is 10.5. The highest BCUT2D eigenvalue weighted by Gasteiger charge is 2.03. The third kappa shape index (κ3) is 2.16. The Morgan fingerprint density at radius 2 is 1.94 bits per heavy atom. The average molecular weight is 213 g/mol. The first-order chi connectivity index (χ1) is 7.81. The fourth-order valence-electron chi connectivity index (χ4n) is 1.53. The van der Waals surface area contributed by atoms with Gasteiger partial charge in [-0.3, -0.25) is 4.98 Å². The van der Waals surface area contributed by atoms with Gasteiger partial charge in [0.2, 0.25) is 0 Å². The summed E-state index contributed by atoms with van der Waals surface area (Å²) < 4.78 is 13.5. The van der Waals surface area contributed by atoms with Gasteiger partial charge in [0.05, 0.1) is 5.69 Å². The molecule has 1 aromatic carbocycles. The van der Waals surface area contributed by atoms with E-state index < -0.39 is 0 Å². The summed E-state index contributed by atoms with van der Waals surface area (Å²) in [5.41, 5.74) is 2.26. The standard InChI is InChI=1S/C14H12FN/c1-2-5-12-9-8-11(10-16-12)13-6-3-4-7-14(13)15/h2-10H,1H3/b5-2+. The fourth-order valence-corrected chi connectivity index (χ4v) is 1.53. The van der Waals surface area contributed by atoms with Crippen LogP contribution in [0.5, 0.6) is 0 Å². The van der Waals surface area contributed by atoms with E-state index in [1.54, 1.807) is 18.3 Å². The number of pyridine rings is 1. The van der Waals surface area contributed by atoms with Crippen LogP contribution in [0.15, 0.2) is 48.7 Å². The third-order valence-corrected chi connectivity index (χ3v) is 2.31. The lowest BCUT2D eigenvalue weighted by Crippen LogP contribution is -1.86. The lowest BCUT2D eigenvalue weighted by atomic mass is 10.1. The second-order valence-electron chi connectivity index (χ2n) is 3.45. The number of hydrogen-bond donors (Lipinski definition) is 0. The van der Waals surface area contributed by atoms with Crippen molar-refractivity contribution >= 4 is 6.08 Å². The molecule has 0 radical (unpaired) electrons. The van der Waals surface area contributed by atoms with Crippen LogP contribution in [-0.4, -0.2) is 4.98 Å². The van der Waals surface area contributed by atoms with Crippen LogP contribution in [0.4, 0.5) is 4.39 Å². The number of benzene rings is 1. The van der Waals surface area contributed by atoms with Gasteiger partial charge in [0, 0.05) is 17.3 Å². The van der Waals surface area contributed by atoms with Crippen LogP contribution in [-0.2, 0) is 0 Å². The predicted molar refractivity (Wildman–Crippen MR) is 64.3 cm³/mol. The van der Waals surface area contributed by atoms with Crippen molar-refractivity contribution in [2.24, 2.45) is 0 Å². The Bertz CT molecular complexity index is 500. The summed E-state index contributed by atoms with van der Waals surface area (Å²) in [6.45, 7) is 1.94. The van der Waals surface area contributed by atoms with Crippen molar-refractivity contribution in [1.82, 2.24) is 4.98 Å². The van der Waals surface area contributed by atoms with E-state index >= 15 is 0 Å². The molecule has 0 atom stereocenters. The zero-order chi connectivity index (χ0) is 11.4. The van der Waals surface area contributed by atoms with E-state index in [9.17, 15) is 4.39 Å². The van der Waals surface area contributed by atoms with E-state index in [1.807, 2.05) is 37.3 Å². The summed E-state index contributed by atoms with van der Waals surface area (Å²) in [5, 5.41) is 0. The summed E-state index contributed by atoms with van der Waals surface area (Å²) in [6.07, 6.45) is 5.52. The molecule has 0 saturated heterocycles. The van der Waals surface area contributed by atoms with Crippen LogP contribution >= 0.6 is 0 Å². The lowest BCUT2D eigenvalue weighted by Gasteiger charge is -2.02. The molecule has 0 aliphatic carbocycles. The van der Waals surface area contributed by atoms with Crippen LogP contribution in [0.1, 0.15) is 12.6 Å². The van der Waals surface area contributed by atoms with Crippen molar-refractivity contribution < 1.29 is 4.39 Å². The van der Waals surface area contributed by atoms with Gasteiger partial charge in [0.25, 0.3) is 0 Å². The highest BCUT2D eigenvalue weighted by Crippen LogP contribution is 2.21. The molecule has 2 rings (SSSR count). The van der Waals surface area contributed by atoms with Gasteiger partial charge < -0.3 is 0 Å². The minimum Gasteiger partial charge on any atom is -0.256 e. The molecule has 0 unspecified atom stereocenters. The van der Waals surface area contributed by atoms with Crippen molar-refractivity contribution in [1.29, 1.82) is 0 Å². The Kier molecular flexibility index (Phi) is 3.10. The van der Waals surface area contributed by atoms with E-state index in [0.29, 0.717) is 5.56 Å². The first kappa shape index (κ1) is 10.6. The van der Waals surface area contributed by atoms with Gasteiger partial charge in [0.15, 0.2) is 0 Å². The second kappa shape index (κ2) is 4.71. The molecule has 0 fully saturated rings. The molecular formula is C14H12FN. The molecule has 1 nitrogen and oxygen atoms in total. The van der Waals surface area contributed by atoms with Gasteiger partial charge in [-0.15, -0.1) is 0 Å². The largest absolute Gasteiger partial charge is 0.256 e. The zero-order valence-corrected chi connectivity index (χ0v) is 9.02. The number of halogens is 1. The van der Waals surface area contributed by atoms with Gasteiger partial charge in [-0.25, -0.2) is 4.39 Å². The van der Waals surface area contributed by atoms with Crippen LogP contribution in [0.2, 0.25) is 0 Å². The quantitative estimate of drug-likeness (QED) is 0.736. The Morgan fingerprint density at radius 3 is 2.56 bits per heavy atom. The molecule has 0 saturated carbocycles. The van der Waals surface area contributed by atoms with Crippen molar-refractivity contribution in [3.63, 3.8) is 0 Å². The van der Waals surface area contributed by atoms with Crippen molar-refractivity contribution in [2.45, 2.75) is 6.92 Å². The van der Waals surface area contributed by atoms with Gasteiger partial charge in [-0.1, -0.05) is 30.3 Å². The molecule has 2 heteroatoms. The topological polar surface area (TPSA) is 12.9 Å². The molecule has 0 spiro atoms. The molecule has 2 aromatic rings. The minimum atomic E-state index is -0.219. The van der Waals surface area contributed by atoms with Crippen molar-refractivity contribution in [3.8, 4) is 11.1 Å². The maximum absolute atomic E-state index is 13.5. The molecule has 16 heavy (non-hydrogen) atoms. The lowest BCUT2D eigenvalue weighted by molar-refractivity contribution is 0.631. The molecule has 0 amide bonds. The number of rotatable bonds is 2. The Labute approximate surface area is 94.3 Å². The molecule has 0 aliphatic rings. The van der Waals surface area contributed by atoms with Crippen LogP contribution in [0.25, 0.3) is 17.2 Å². The predicted octanol–water partition coefficient (Wildman–Crippen LogP) is 3.92. The SMILES string of the molecule is C/C=C/c1ccc(-c2ccccc2F)cn1. The Balaban J connectivity index is 2.39. The van der Waals surface area contributed by atoms with E-state index in [4.69, 9.17) is 0 Å². The second-order valence-corrected chi connectivity index (χ2v) is 3.45. The van der Waals surface area contributed by atoms with E-state index in [1.165, 1.54) is 6.07 Å². The first-order valence-corrected chi connectivity index (χ1v) is 5.15. The Hall–Kier alpha value is -1.96. The summed E-state index contributed by atoms with van der Waals surface area (Å²) in [5.74, 6) is -0.219. The Morgan fingerprint density at radius 1 is 1.12 bits per heavy atom. The normalized spacial score (nSPS) is 10.9. The summed E-state index contributed by atoms with van der Waals surface area (Å²) in [4.78, 5) is 4.23. The maximum atomic E-state index is 13.5. The van der Waals surface area contributed by atoms with Crippen LogP contribution in [0, 0.1) is 5.82 Å². The minimum absolute atomic E-state index is 0.219. The molecule has 1 aromatic heterocycles. The van der Waals surface area contributed by atoms with E-state index in [0.717, 1.165) is 11.3 Å². The fraction of sp³-hybridized carbons (Fsp3) is 0.0714. The van der Waals surface area contributed by atoms with Crippen LogP contribution in [0.3, 0.4) is 0 Å². The van der Waals surface area contributed by atoms with E-state index in [-0.39, 0.29) is 5.82 Å². The summed E-state index contributed by atoms with van der Waals surface area (Å²) in [7, 11) is 0. The highest BCUT2D eigenvalue weighted by molar-refractivity contribution is 5.64. The number of hydrogen-bond acceptors (Lipinski definition) is 1. The molecule has 0 aliphatic heterocycles. The smallest absolute Gasteiger partial charge is 0.131 e. The van der Waals surface area contributed by atoms with Crippen molar-refractivity contribution in [2.75, 3.05) is 0 Å². The average Bonchev–Trinajstić information content (AvgIpc) is 2.31. The molecule has 80 valence electrons. The van der Waals surface area contributed by atoms with Gasteiger partial charge in [-0.2, -0.15) is 0 Å². The molecule has 0 bridgehead atoms. The number of nitrogens with zero attached hydrogens (tertiary/aromatic N) is 1. The van der Waals surface area contributed by atoms with Gasteiger partial charge >= 0.3 is 0 Å². The molecule has 1 heterocycles. The van der Waals surface area contributed by atoms with Gasteiger partial charge in [0.1, 0.15) is 5.82 Å². The highest BCUT2D eigenvalue weighted by atomic mass is 19.1. The number of aromatic nitrogens is 1. The zero-order valence-electron chi connectivity index (χ0n) is 9.02. The molecular weight excluding hydrogens is 201 g/mol. The number of allylic oxidation sites excluding steroid dienone is 1. The summed E-state index contributed by atoms with van der Waals surface area (Å²) >= 11 is 0.